The normalized spacial score (nSPS) is 15.0. The molecule has 2 atom stereocenters. The van der Waals surface area contributed by atoms with Crippen molar-refractivity contribution in [1.82, 2.24) is 0 Å². The molecule has 0 aliphatic heterocycles. The maximum absolute atomic E-state index is 11.6. The average molecular weight is 461 g/mol. The summed E-state index contributed by atoms with van der Waals surface area (Å²) in [5.41, 5.74) is 0. The third kappa shape index (κ3) is 21.2. The molecular formula is C28H44O5. The van der Waals surface area contributed by atoms with Gasteiger partial charge in [0.2, 0.25) is 0 Å². The molecule has 33 heavy (non-hydrogen) atoms. The minimum absolute atomic E-state index is 0.100. The second-order valence-electron chi connectivity index (χ2n) is 7.81. The van der Waals surface area contributed by atoms with Gasteiger partial charge < -0.3 is 20.1 Å². The lowest BCUT2D eigenvalue weighted by molar-refractivity contribution is -0.143. The predicted molar refractivity (Wildman–Crippen MR) is 137 cm³/mol. The lowest BCUT2D eigenvalue weighted by atomic mass is 10.1. The number of carbonyl (C=O) groups excluding carboxylic acids is 1. The van der Waals surface area contributed by atoms with E-state index >= 15 is 0 Å². The molecule has 186 valence electrons. The summed E-state index contributed by atoms with van der Waals surface area (Å²) in [6.45, 7) is 4.64. The third-order valence-corrected chi connectivity index (χ3v) is 4.72. The minimum Gasteiger partial charge on any atom is -0.510 e. The first-order valence-electron chi connectivity index (χ1n) is 12.2. The maximum Gasteiger partial charge on any atom is 0.306 e. The molecule has 0 aromatic heterocycles. The molecule has 0 bridgehead atoms. The van der Waals surface area contributed by atoms with E-state index in [0.29, 0.717) is 32.3 Å². The van der Waals surface area contributed by atoms with Crippen LogP contribution in [0.15, 0.2) is 72.6 Å². The summed E-state index contributed by atoms with van der Waals surface area (Å²) in [5.74, 6) is -0.374. The molecule has 0 rings (SSSR count). The zero-order chi connectivity index (χ0) is 24.6. The molecule has 3 N–H and O–H groups in total. The lowest BCUT2D eigenvalue weighted by Crippen LogP contribution is -2.10. The van der Waals surface area contributed by atoms with Crippen LogP contribution in [0.3, 0.4) is 0 Å². The molecule has 0 aliphatic rings. The summed E-state index contributed by atoms with van der Waals surface area (Å²) in [5, 5.41) is 29.6. The van der Waals surface area contributed by atoms with E-state index in [4.69, 9.17) is 4.74 Å². The van der Waals surface area contributed by atoms with Gasteiger partial charge in [0, 0.05) is 6.42 Å². The second-order valence-corrected chi connectivity index (χ2v) is 7.81. The molecule has 0 radical (unpaired) electrons. The van der Waals surface area contributed by atoms with Crippen molar-refractivity contribution < 1.29 is 24.9 Å². The highest BCUT2D eigenvalue weighted by molar-refractivity contribution is 5.69. The molecule has 0 aromatic carbocycles. The Balaban J connectivity index is 3.97. The van der Waals surface area contributed by atoms with Gasteiger partial charge in [0.25, 0.3) is 0 Å². The van der Waals surface area contributed by atoms with E-state index in [1.54, 1.807) is 6.08 Å². The lowest BCUT2D eigenvalue weighted by Gasteiger charge is -2.08. The zero-order valence-corrected chi connectivity index (χ0v) is 20.4. The first-order valence-corrected chi connectivity index (χ1v) is 12.2. The van der Waals surface area contributed by atoms with Gasteiger partial charge in [-0.3, -0.25) is 4.79 Å². The van der Waals surface area contributed by atoms with E-state index < -0.39 is 12.2 Å². The van der Waals surface area contributed by atoms with Crippen LogP contribution in [0.4, 0.5) is 0 Å². The number of ether oxygens (including phenoxy) is 1. The van der Waals surface area contributed by atoms with Gasteiger partial charge in [-0.15, -0.1) is 0 Å². The van der Waals surface area contributed by atoms with Gasteiger partial charge >= 0.3 is 5.97 Å². The zero-order valence-electron chi connectivity index (χ0n) is 20.4. The molecule has 0 unspecified atom stereocenters. The largest absolute Gasteiger partial charge is 0.510 e. The number of esters is 1. The van der Waals surface area contributed by atoms with Gasteiger partial charge in [-0.25, -0.2) is 0 Å². The smallest absolute Gasteiger partial charge is 0.306 e. The van der Waals surface area contributed by atoms with Crippen LogP contribution < -0.4 is 0 Å². The van der Waals surface area contributed by atoms with Gasteiger partial charge in [0.1, 0.15) is 11.9 Å². The molecule has 0 saturated heterocycles. The number of hydrogen-bond acceptors (Lipinski definition) is 5. The summed E-state index contributed by atoms with van der Waals surface area (Å²) in [4.78, 5) is 11.6. The van der Waals surface area contributed by atoms with Crippen molar-refractivity contribution in [2.45, 2.75) is 90.3 Å². The summed E-state index contributed by atoms with van der Waals surface area (Å²) in [6.07, 6.45) is 26.3. The van der Waals surface area contributed by atoms with Crippen LogP contribution in [0, 0.1) is 0 Å². The Morgan fingerprint density at radius 3 is 2.33 bits per heavy atom. The van der Waals surface area contributed by atoms with Crippen molar-refractivity contribution in [2.24, 2.45) is 0 Å². The van der Waals surface area contributed by atoms with Gasteiger partial charge in [-0.2, -0.15) is 0 Å². The van der Waals surface area contributed by atoms with E-state index in [0.717, 1.165) is 32.1 Å². The summed E-state index contributed by atoms with van der Waals surface area (Å²) in [6, 6.07) is 0. The Bertz CT molecular complexity index is 655. The molecule has 0 spiro atoms. The van der Waals surface area contributed by atoms with Crippen molar-refractivity contribution in [1.29, 1.82) is 0 Å². The van der Waals surface area contributed by atoms with E-state index in [-0.39, 0.29) is 18.1 Å². The van der Waals surface area contributed by atoms with Crippen LogP contribution in [-0.4, -0.2) is 40.1 Å². The number of aliphatic hydroxyl groups excluding tert-OH is 3. The van der Waals surface area contributed by atoms with Gasteiger partial charge in [0.15, 0.2) is 0 Å². The highest BCUT2D eigenvalue weighted by Gasteiger charge is 2.08. The van der Waals surface area contributed by atoms with Gasteiger partial charge in [0.05, 0.1) is 12.7 Å². The number of allylic oxidation sites excluding steroid dienone is 9. The molecule has 0 aliphatic carbocycles. The topological polar surface area (TPSA) is 87.0 Å². The minimum atomic E-state index is -0.938. The van der Waals surface area contributed by atoms with E-state index in [9.17, 15) is 20.1 Å². The summed E-state index contributed by atoms with van der Waals surface area (Å²) < 4.78 is 5.14. The SMILES string of the molecule is CC/C=C\C[C@@H](O)/C=C/C=C\C=C\C=C\CC[C@H](O)/C(O)=C\CCC(=O)OCCCCCC. The first-order chi connectivity index (χ1) is 16.0. The number of rotatable bonds is 19. The van der Waals surface area contributed by atoms with Crippen LogP contribution in [0.1, 0.15) is 78.1 Å². The quantitative estimate of drug-likeness (QED) is 0.0681. The van der Waals surface area contributed by atoms with Crippen molar-refractivity contribution in [2.75, 3.05) is 6.61 Å². The van der Waals surface area contributed by atoms with Crippen molar-refractivity contribution in [3.63, 3.8) is 0 Å². The van der Waals surface area contributed by atoms with E-state index in [2.05, 4.69) is 13.8 Å². The Labute approximate surface area is 200 Å². The number of carbonyl (C=O) groups is 1. The van der Waals surface area contributed by atoms with Crippen molar-refractivity contribution in [3.05, 3.63) is 72.6 Å². The Morgan fingerprint density at radius 1 is 0.879 bits per heavy atom. The van der Waals surface area contributed by atoms with Crippen LogP contribution in [0.2, 0.25) is 0 Å². The number of hydrogen-bond donors (Lipinski definition) is 3. The van der Waals surface area contributed by atoms with Crippen molar-refractivity contribution >= 4 is 5.97 Å². The molecular weight excluding hydrogens is 416 g/mol. The molecule has 0 fully saturated rings. The van der Waals surface area contributed by atoms with Crippen LogP contribution in [0.5, 0.6) is 0 Å². The fourth-order valence-electron chi connectivity index (χ4n) is 2.77. The monoisotopic (exact) mass is 460 g/mol. The van der Waals surface area contributed by atoms with Crippen LogP contribution in [-0.2, 0) is 9.53 Å². The predicted octanol–water partition coefficient (Wildman–Crippen LogP) is 6.42. The fourth-order valence-corrected chi connectivity index (χ4v) is 2.77. The molecule has 5 heteroatoms. The highest BCUT2D eigenvalue weighted by atomic mass is 16.5. The highest BCUT2D eigenvalue weighted by Crippen LogP contribution is 2.09. The van der Waals surface area contributed by atoms with Crippen LogP contribution >= 0.6 is 0 Å². The number of aliphatic hydroxyl groups is 3. The molecule has 0 heterocycles. The molecule has 0 amide bonds. The molecule has 5 nitrogen and oxygen atoms in total. The Kier molecular flexibility index (Phi) is 21.2. The summed E-state index contributed by atoms with van der Waals surface area (Å²) >= 11 is 0. The second kappa shape index (κ2) is 22.8. The molecule has 0 saturated carbocycles. The third-order valence-electron chi connectivity index (χ3n) is 4.72. The summed E-state index contributed by atoms with van der Waals surface area (Å²) in [7, 11) is 0. The van der Waals surface area contributed by atoms with Crippen molar-refractivity contribution in [3.8, 4) is 0 Å². The van der Waals surface area contributed by atoms with Crippen LogP contribution in [0.25, 0.3) is 0 Å². The average Bonchev–Trinajstić information content (AvgIpc) is 2.80. The Morgan fingerprint density at radius 2 is 1.61 bits per heavy atom. The maximum atomic E-state index is 11.6. The Hall–Kier alpha value is -2.37. The van der Waals surface area contributed by atoms with E-state index in [1.165, 1.54) is 6.08 Å². The van der Waals surface area contributed by atoms with Gasteiger partial charge in [-0.05, 0) is 44.6 Å². The van der Waals surface area contributed by atoms with Gasteiger partial charge in [-0.1, -0.05) is 93.9 Å². The van der Waals surface area contributed by atoms with E-state index in [1.807, 2.05) is 54.7 Å². The standard InChI is InChI=1S/C28H44O5/c1-3-5-7-17-24-33-28(32)23-18-22-27(31)26(30)21-16-13-11-9-8-10-12-15-20-25(29)19-14-6-4-2/h6,8-15,20,22,25-26,29-31H,3-5,7,16-19,21,23-24H2,1-2H3/b9-8+,12-10-,13-11+,14-6-,20-15+,27-22+/t25-,26+/m1/s1. The molecule has 0 aromatic rings. The fraction of sp³-hybridized carbons (Fsp3) is 0.536. The number of unbranched alkanes of at least 4 members (excludes halogenated alkanes) is 3. The first kappa shape index (κ1) is 30.6.